The lowest BCUT2D eigenvalue weighted by Gasteiger charge is -2.02. The standard InChI is InChI=1S/C13H13IN2O3/c14-10-5-1-2-6-11(10)16-8-9(4-3-7-17)12(15-16)13(18)19/h1-2,5-6,8,17H,3-4,7H2,(H,18,19). The van der Waals surface area contributed by atoms with E-state index in [9.17, 15) is 4.79 Å². The van der Waals surface area contributed by atoms with Crippen molar-refractivity contribution < 1.29 is 15.0 Å². The van der Waals surface area contributed by atoms with E-state index in [0.717, 1.165) is 9.26 Å². The van der Waals surface area contributed by atoms with Crippen LogP contribution in [0.5, 0.6) is 0 Å². The third-order valence-electron chi connectivity index (χ3n) is 2.70. The summed E-state index contributed by atoms with van der Waals surface area (Å²) in [4.78, 5) is 11.2. The Labute approximate surface area is 124 Å². The van der Waals surface area contributed by atoms with Gasteiger partial charge in [-0.05, 0) is 47.6 Å². The van der Waals surface area contributed by atoms with Crippen molar-refractivity contribution in [3.05, 3.63) is 45.3 Å². The second-order valence-electron chi connectivity index (χ2n) is 4.03. The van der Waals surface area contributed by atoms with Gasteiger partial charge < -0.3 is 10.2 Å². The molecule has 0 radical (unpaired) electrons. The fourth-order valence-electron chi connectivity index (χ4n) is 1.80. The topological polar surface area (TPSA) is 75.3 Å². The monoisotopic (exact) mass is 372 g/mol. The van der Waals surface area contributed by atoms with Crippen molar-refractivity contribution in [2.75, 3.05) is 6.61 Å². The summed E-state index contributed by atoms with van der Waals surface area (Å²) in [6, 6.07) is 7.62. The number of aliphatic hydroxyl groups is 1. The third kappa shape index (κ3) is 3.13. The first-order chi connectivity index (χ1) is 9.13. The Kier molecular flexibility index (Phi) is 4.54. The Bertz CT molecular complexity index is 595. The van der Waals surface area contributed by atoms with Crippen LogP contribution in [-0.4, -0.2) is 32.6 Å². The second-order valence-corrected chi connectivity index (χ2v) is 5.19. The molecule has 0 saturated carbocycles. The minimum absolute atomic E-state index is 0.0348. The number of aromatic nitrogens is 2. The fourth-order valence-corrected chi connectivity index (χ4v) is 2.44. The summed E-state index contributed by atoms with van der Waals surface area (Å²) in [6.07, 6.45) is 2.75. The SMILES string of the molecule is O=C(O)c1nn(-c2ccccc2I)cc1CCCO. The van der Waals surface area contributed by atoms with Crippen molar-refractivity contribution in [1.82, 2.24) is 9.78 Å². The molecule has 1 heterocycles. The predicted molar refractivity (Wildman–Crippen MR) is 78.6 cm³/mol. The van der Waals surface area contributed by atoms with E-state index in [1.54, 1.807) is 10.9 Å². The Morgan fingerprint density at radius 1 is 1.37 bits per heavy atom. The lowest BCUT2D eigenvalue weighted by atomic mass is 10.1. The van der Waals surface area contributed by atoms with Crippen LogP contribution in [0.15, 0.2) is 30.5 Å². The summed E-state index contributed by atoms with van der Waals surface area (Å²) >= 11 is 2.18. The zero-order valence-electron chi connectivity index (χ0n) is 10.1. The van der Waals surface area contributed by atoms with Gasteiger partial charge in [-0.2, -0.15) is 5.10 Å². The van der Waals surface area contributed by atoms with Crippen LogP contribution in [0.3, 0.4) is 0 Å². The Balaban J connectivity index is 2.43. The van der Waals surface area contributed by atoms with Gasteiger partial charge in [0, 0.05) is 21.9 Å². The van der Waals surface area contributed by atoms with E-state index in [2.05, 4.69) is 27.7 Å². The van der Waals surface area contributed by atoms with Crippen LogP contribution in [-0.2, 0) is 6.42 Å². The maximum atomic E-state index is 11.2. The van der Waals surface area contributed by atoms with Gasteiger partial charge >= 0.3 is 5.97 Å². The van der Waals surface area contributed by atoms with Crippen LogP contribution in [0, 0.1) is 3.57 Å². The molecule has 5 nitrogen and oxygen atoms in total. The smallest absolute Gasteiger partial charge is 0.356 e. The van der Waals surface area contributed by atoms with Gasteiger partial charge in [-0.25, -0.2) is 9.48 Å². The molecule has 1 aromatic carbocycles. The number of carboxylic acid groups (broad SMARTS) is 1. The summed E-state index contributed by atoms with van der Waals surface area (Å²) in [5.41, 5.74) is 1.54. The summed E-state index contributed by atoms with van der Waals surface area (Å²) in [6.45, 7) is 0.0348. The van der Waals surface area contributed by atoms with Crippen molar-refractivity contribution in [1.29, 1.82) is 0 Å². The molecule has 100 valence electrons. The van der Waals surface area contributed by atoms with Gasteiger partial charge in [0.2, 0.25) is 0 Å². The number of benzene rings is 1. The second kappa shape index (κ2) is 6.16. The van der Waals surface area contributed by atoms with Crippen molar-refractivity contribution in [3.63, 3.8) is 0 Å². The summed E-state index contributed by atoms with van der Waals surface area (Å²) in [7, 11) is 0. The fraction of sp³-hybridized carbons (Fsp3) is 0.231. The van der Waals surface area contributed by atoms with Crippen LogP contribution in [0.1, 0.15) is 22.5 Å². The average molecular weight is 372 g/mol. The van der Waals surface area contributed by atoms with Crippen molar-refractivity contribution in [2.24, 2.45) is 0 Å². The molecule has 1 aromatic heterocycles. The van der Waals surface area contributed by atoms with Crippen molar-refractivity contribution in [2.45, 2.75) is 12.8 Å². The minimum Gasteiger partial charge on any atom is -0.476 e. The molecular weight excluding hydrogens is 359 g/mol. The highest BCUT2D eigenvalue weighted by Gasteiger charge is 2.16. The predicted octanol–water partition coefficient (Wildman–Crippen LogP) is 2.10. The first kappa shape index (κ1) is 14.0. The molecule has 0 unspecified atom stereocenters. The molecule has 2 aromatic rings. The number of carbonyl (C=O) groups is 1. The van der Waals surface area contributed by atoms with E-state index in [1.807, 2.05) is 24.3 Å². The first-order valence-electron chi connectivity index (χ1n) is 5.81. The molecule has 0 aliphatic heterocycles. The normalized spacial score (nSPS) is 10.6. The van der Waals surface area contributed by atoms with Crippen LogP contribution in [0.2, 0.25) is 0 Å². The van der Waals surface area contributed by atoms with Crippen LogP contribution in [0.4, 0.5) is 0 Å². The van der Waals surface area contributed by atoms with Gasteiger partial charge in [0.25, 0.3) is 0 Å². The molecule has 0 bridgehead atoms. The lowest BCUT2D eigenvalue weighted by molar-refractivity contribution is 0.0688. The van der Waals surface area contributed by atoms with E-state index in [-0.39, 0.29) is 12.3 Å². The minimum atomic E-state index is -1.04. The molecule has 0 saturated heterocycles. The zero-order valence-corrected chi connectivity index (χ0v) is 12.2. The molecule has 0 fully saturated rings. The number of hydrogen-bond donors (Lipinski definition) is 2. The van der Waals surface area contributed by atoms with Crippen LogP contribution >= 0.6 is 22.6 Å². The lowest BCUT2D eigenvalue weighted by Crippen LogP contribution is -2.03. The Morgan fingerprint density at radius 2 is 2.11 bits per heavy atom. The highest BCUT2D eigenvalue weighted by molar-refractivity contribution is 14.1. The van der Waals surface area contributed by atoms with E-state index >= 15 is 0 Å². The number of para-hydroxylation sites is 1. The first-order valence-corrected chi connectivity index (χ1v) is 6.89. The zero-order chi connectivity index (χ0) is 13.8. The molecule has 0 amide bonds. The van der Waals surface area contributed by atoms with Gasteiger partial charge in [0.15, 0.2) is 5.69 Å². The summed E-state index contributed by atoms with van der Waals surface area (Å²) < 4.78 is 2.58. The van der Waals surface area contributed by atoms with Crippen molar-refractivity contribution >= 4 is 28.6 Å². The maximum Gasteiger partial charge on any atom is 0.356 e. The molecule has 19 heavy (non-hydrogen) atoms. The third-order valence-corrected chi connectivity index (χ3v) is 3.61. The summed E-state index contributed by atoms with van der Waals surface area (Å²) in [5.74, 6) is -1.04. The Morgan fingerprint density at radius 3 is 2.74 bits per heavy atom. The molecule has 2 N–H and O–H groups in total. The quantitative estimate of drug-likeness (QED) is 0.789. The van der Waals surface area contributed by atoms with Gasteiger partial charge in [0.05, 0.1) is 5.69 Å². The number of nitrogens with zero attached hydrogens (tertiary/aromatic N) is 2. The molecule has 2 rings (SSSR count). The van der Waals surface area contributed by atoms with Gasteiger partial charge in [-0.1, -0.05) is 12.1 Å². The van der Waals surface area contributed by atoms with Crippen LogP contribution in [0.25, 0.3) is 5.69 Å². The largest absolute Gasteiger partial charge is 0.476 e. The van der Waals surface area contributed by atoms with Gasteiger partial charge in [0.1, 0.15) is 0 Å². The highest BCUT2D eigenvalue weighted by Crippen LogP contribution is 2.19. The number of halogens is 1. The number of hydrogen-bond acceptors (Lipinski definition) is 3. The van der Waals surface area contributed by atoms with E-state index in [4.69, 9.17) is 10.2 Å². The summed E-state index contributed by atoms with van der Waals surface area (Å²) in [5, 5.41) is 22.1. The number of aliphatic hydroxyl groups excluding tert-OH is 1. The number of aromatic carboxylic acids is 1. The molecule has 0 spiro atoms. The van der Waals surface area contributed by atoms with Gasteiger partial charge in [-0.3, -0.25) is 0 Å². The number of carboxylic acids is 1. The van der Waals surface area contributed by atoms with Gasteiger partial charge in [-0.15, -0.1) is 0 Å². The van der Waals surface area contributed by atoms with E-state index in [0.29, 0.717) is 18.4 Å². The molecule has 0 atom stereocenters. The molecule has 0 aliphatic rings. The van der Waals surface area contributed by atoms with E-state index in [1.165, 1.54) is 0 Å². The van der Waals surface area contributed by atoms with E-state index < -0.39 is 5.97 Å². The molecule has 6 heteroatoms. The Hall–Kier alpha value is -1.41. The average Bonchev–Trinajstić information content (AvgIpc) is 2.81. The molecule has 0 aliphatic carbocycles. The van der Waals surface area contributed by atoms with Crippen molar-refractivity contribution in [3.8, 4) is 5.69 Å². The highest BCUT2D eigenvalue weighted by atomic mass is 127. The molecular formula is C13H13IN2O3. The number of rotatable bonds is 5. The number of aryl methyl sites for hydroxylation is 1. The van der Waals surface area contributed by atoms with Crippen LogP contribution < -0.4 is 0 Å². The maximum absolute atomic E-state index is 11.2.